The van der Waals surface area contributed by atoms with E-state index in [-0.39, 0.29) is 11.6 Å². The van der Waals surface area contributed by atoms with Crippen molar-refractivity contribution in [1.82, 2.24) is 0 Å². The number of hydrogen-bond acceptors (Lipinski definition) is 4. The first-order valence-corrected chi connectivity index (χ1v) is 7.49. The van der Waals surface area contributed by atoms with Crippen molar-refractivity contribution in [2.75, 3.05) is 0 Å². The average molecular weight is 278 g/mol. The van der Waals surface area contributed by atoms with Gasteiger partial charge in [-0.2, -0.15) is 0 Å². The van der Waals surface area contributed by atoms with E-state index in [0.717, 1.165) is 20.9 Å². The molecule has 0 amide bonds. The van der Waals surface area contributed by atoms with Gasteiger partial charge in [-0.25, -0.2) is 0 Å². The van der Waals surface area contributed by atoms with Crippen molar-refractivity contribution in [2.45, 2.75) is 26.7 Å². The molecule has 0 aromatic carbocycles. The molecule has 0 unspecified atom stereocenters. The second-order valence-electron chi connectivity index (χ2n) is 4.32. The highest BCUT2D eigenvalue weighted by molar-refractivity contribution is 7.12. The van der Waals surface area contributed by atoms with Gasteiger partial charge in [0.15, 0.2) is 11.6 Å². The number of aryl methyl sites for hydroxylation is 2. The molecule has 0 aliphatic heterocycles. The molecule has 94 valence electrons. The number of hydrogen-bond donors (Lipinski definition) is 0. The van der Waals surface area contributed by atoms with Crippen LogP contribution in [0.5, 0.6) is 0 Å². The lowest BCUT2D eigenvalue weighted by atomic mass is 10.1. The summed E-state index contributed by atoms with van der Waals surface area (Å²) in [5.74, 6) is 0.129. The Bertz CT molecular complexity index is 526. The summed E-state index contributed by atoms with van der Waals surface area (Å²) < 4.78 is 0. The van der Waals surface area contributed by atoms with E-state index >= 15 is 0 Å². The van der Waals surface area contributed by atoms with Crippen LogP contribution in [0, 0.1) is 13.8 Å². The summed E-state index contributed by atoms with van der Waals surface area (Å²) in [6.07, 6.45) is 0.603. The molecule has 0 aliphatic rings. The minimum Gasteiger partial charge on any atom is -0.293 e. The van der Waals surface area contributed by atoms with Crippen molar-refractivity contribution in [3.05, 3.63) is 43.8 Å². The summed E-state index contributed by atoms with van der Waals surface area (Å²) in [4.78, 5) is 25.2. The molecule has 2 rings (SSSR count). The van der Waals surface area contributed by atoms with Crippen LogP contribution >= 0.6 is 22.7 Å². The zero-order valence-electron chi connectivity index (χ0n) is 10.4. The van der Waals surface area contributed by atoms with Gasteiger partial charge < -0.3 is 0 Å². The van der Waals surface area contributed by atoms with E-state index in [0.29, 0.717) is 12.8 Å². The maximum absolute atomic E-state index is 11.9. The van der Waals surface area contributed by atoms with E-state index in [1.54, 1.807) is 0 Å². The Morgan fingerprint density at radius 1 is 0.889 bits per heavy atom. The molecular formula is C14H14O2S2. The molecule has 0 N–H and O–H groups in total. The summed E-state index contributed by atoms with van der Waals surface area (Å²) in [7, 11) is 0. The van der Waals surface area contributed by atoms with E-state index in [2.05, 4.69) is 0 Å². The Morgan fingerprint density at radius 2 is 1.28 bits per heavy atom. The molecule has 18 heavy (non-hydrogen) atoms. The zero-order valence-corrected chi connectivity index (χ0v) is 12.0. The largest absolute Gasteiger partial charge is 0.293 e. The Labute approximate surface area is 114 Å². The van der Waals surface area contributed by atoms with E-state index in [4.69, 9.17) is 0 Å². The first kappa shape index (κ1) is 13.2. The number of carbonyl (C=O) groups excluding carboxylic acids is 2. The van der Waals surface area contributed by atoms with Crippen molar-refractivity contribution >= 4 is 34.2 Å². The van der Waals surface area contributed by atoms with Gasteiger partial charge in [-0.15, -0.1) is 22.7 Å². The van der Waals surface area contributed by atoms with Crippen LogP contribution in [0.1, 0.15) is 43.3 Å². The molecule has 0 aliphatic carbocycles. The van der Waals surface area contributed by atoms with Gasteiger partial charge in [-0.3, -0.25) is 9.59 Å². The van der Waals surface area contributed by atoms with Crippen LogP contribution in [0.4, 0.5) is 0 Å². The molecule has 0 bridgehead atoms. The Morgan fingerprint density at radius 3 is 1.56 bits per heavy atom. The van der Waals surface area contributed by atoms with Gasteiger partial charge in [-0.05, 0) is 47.9 Å². The maximum Gasteiger partial charge on any atom is 0.173 e. The molecule has 0 fully saturated rings. The highest BCUT2D eigenvalue weighted by atomic mass is 32.1. The second kappa shape index (κ2) is 5.59. The van der Waals surface area contributed by atoms with Gasteiger partial charge in [0.05, 0.1) is 9.75 Å². The minimum absolute atomic E-state index is 0.0646. The van der Waals surface area contributed by atoms with E-state index in [1.807, 2.05) is 36.7 Å². The van der Waals surface area contributed by atoms with E-state index < -0.39 is 0 Å². The molecule has 0 spiro atoms. The fourth-order valence-corrected chi connectivity index (χ4v) is 3.37. The lowest BCUT2D eigenvalue weighted by Gasteiger charge is -1.97. The number of thiophene rings is 2. The molecule has 0 atom stereocenters. The smallest absolute Gasteiger partial charge is 0.173 e. The lowest BCUT2D eigenvalue weighted by Crippen LogP contribution is -2.02. The van der Waals surface area contributed by atoms with Crippen LogP contribution in [0.3, 0.4) is 0 Å². The fourth-order valence-electron chi connectivity index (χ4n) is 1.63. The van der Waals surface area contributed by atoms with Gasteiger partial charge in [0.1, 0.15) is 0 Å². The molecule has 2 heterocycles. The van der Waals surface area contributed by atoms with Crippen molar-refractivity contribution in [1.29, 1.82) is 0 Å². The minimum atomic E-state index is 0.0646. The molecule has 2 nitrogen and oxygen atoms in total. The van der Waals surface area contributed by atoms with Gasteiger partial charge in [0.25, 0.3) is 0 Å². The van der Waals surface area contributed by atoms with Crippen LogP contribution in [0.25, 0.3) is 0 Å². The predicted octanol–water partition coefficient (Wildman–Crippen LogP) is 4.27. The molecule has 2 aromatic rings. The molecule has 0 radical (unpaired) electrons. The summed E-state index contributed by atoms with van der Waals surface area (Å²) in [6, 6.07) is 3.76. The first-order valence-electron chi connectivity index (χ1n) is 5.73. The summed E-state index contributed by atoms with van der Waals surface area (Å²) in [5.41, 5.74) is 2.20. The molecule has 2 aromatic heterocycles. The van der Waals surface area contributed by atoms with Crippen LogP contribution in [-0.2, 0) is 0 Å². The van der Waals surface area contributed by atoms with Gasteiger partial charge >= 0.3 is 0 Å². The maximum atomic E-state index is 11.9. The summed E-state index contributed by atoms with van der Waals surface area (Å²) >= 11 is 2.90. The Balaban J connectivity index is 1.92. The molecule has 0 saturated carbocycles. The van der Waals surface area contributed by atoms with Gasteiger partial charge in [-0.1, -0.05) is 0 Å². The van der Waals surface area contributed by atoms with Crippen LogP contribution in [0.2, 0.25) is 0 Å². The van der Waals surface area contributed by atoms with Crippen LogP contribution in [-0.4, -0.2) is 11.6 Å². The third-order valence-electron chi connectivity index (χ3n) is 2.59. The van der Waals surface area contributed by atoms with Crippen molar-refractivity contribution in [3.8, 4) is 0 Å². The van der Waals surface area contributed by atoms with E-state index in [9.17, 15) is 9.59 Å². The second-order valence-corrected chi connectivity index (χ2v) is 6.15. The number of ketones is 2. The number of Topliss-reactive ketones (excluding diaryl/α,β-unsaturated/α-hetero) is 2. The van der Waals surface area contributed by atoms with Crippen LogP contribution < -0.4 is 0 Å². The van der Waals surface area contributed by atoms with Gasteiger partial charge in [0, 0.05) is 12.8 Å². The Hall–Kier alpha value is -1.26. The SMILES string of the molecule is Cc1csc(C(=O)CCC(=O)c2cc(C)cs2)c1. The van der Waals surface area contributed by atoms with E-state index in [1.165, 1.54) is 22.7 Å². The first-order chi connectivity index (χ1) is 8.56. The molecular weight excluding hydrogens is 264 g/mol. The average Bonchev–Trinajstić information content (AvgIpc) is 2.94. The quantitative estimate of drug-likeness (QED) is 0.765. The Kier molecular flexibility index (Phi) is 4.09. The summed E-state index contributed by atoms with van der Waals surface area (Å²) in [5, 5.41) is 3.91. The highest BCUT2D eigenvalue weighted by Crippen LogP contribution is 2.19. The topological polar surface area (TPSA) is 34.1 Å². The third kappa shape index (κ3) is 3.15. The normalized spacial score (nSPS) is 10.6. The van der Waals surface area contributed by atoms with Crippen molar-refractivity contribution < 1.29 is 9.59 Å². The number of carbonyl (C=O) groups is 2. The molecule has 0 saturated heterocycles. The van der Waals surface area contributed by atoms with Gasteiger partial charge in [0.2, 0.25) is 0 Å². The molecule has 4 heteroatoms. The third-order valence-corrected chi connectivity index (χ3v) is 4.77. The van der Waals surface area contributed by atoms with Crippen molar-refractivity contribution in [3.63, 3.8) is 0 Å². The highest BCUT2D eigenvalue weighted by Gasteiger charge is 2.13. The lowest BCUT2D eigenvalue weighted by molar-refractivity contribution is 0.0921. The fraction of sp³-hybridized carbons (Fsp3) is 0.286. The standard InChI is InChI=1S/C14H14O2S2/c1-9-5-13(17-7-9)11(15)3-4-12(16)14-6-10(2)8-18-14/h5-8H,3-4H2,1-2H3. The zero-order chi connectivity index (χ0) is 13.1. The van der Waals surface area contributed by atoms with Crippen molar-refractivity contribution in [2.24, 2.45) is 0 Å². The summed E-state index contributed by atoms with van der Waals surface area (Å²) in [6.45, 7) is 3.93. The number of rotatable bonds is 5. The predicted molar refractivity (Wildman–Crippen MR) is 76.0 cm³/mol. The van der Waals surface area contributed by atoms with Crippen LogP contribution in [0.15, 0.2) is 22.9 Å². The monoisotopic (exact) mass is 278 g/mol.